The summed E-state index contributed by atoms with van der Waals surface area (Å²) in [4.78, 5) is 0. The van der Waals surface area contributed by atoms with Gasteiger partial charge in [-0.1, -0.05) is 0 Å². The van der Waals surface area contributed by atoms with Gasteiger partial charge in [0.05, 0.1) is 19.0 Å². The smallest absolute Gasteiger partial charge is 0.125 e. The van der Waals surface area contributed by atoms with Crippen molar-refractivity contribution in [3.05, 3.63) is 30.0 Å². The second-order valence-electron chi connectivity index (χ2n) is 4.87. The summed E-state index contributed by atoms with van der Waals surface area (Å²) in [7, 11) is 0. The van der Waals surface area contributed by atoms with Crippen LogP contribution in [0.4, 0.5) is 0 Å². The van der Waals surface area contributed by atoms with Crippen LogP contribution in [0.3, 0.4) is 0 Å². The highest BCUT2D eigenvalue weighted by atomic mass is 16.3. The summed E-state index contributed by atoms with van der Waals surface area (Å²) in [5.74, 6) is 1.01. The summed E-state index contributed by atoms with van der Waals surface area (Å²) >= 11 is 0. The minimum Gasteiger partial charge on any atom is -0.467 e. The first-order chi connectivity index (χ1) is 8.79. The molecule has 18 heavy (non-hydrogen) atoms. The number of nitrogens with one attached hydrogen (secondary N) is 1. The Kier molecular flexibility index (Phi) is 2.96. The van der Waals surface area contributed by atoms with E-state index in [1.54, 1.807) is 6.26 Å². The van der Waals surface area contributed by atoms with Gasteiger partial charge in [-0.15, -0.1) is 0 Å². The van der Waals surface area contributed by atoms with Crippen molar-refractivity contribution in [3.8, 4) is 11.1 Å². The predicted molar refractivity (Wildman–Crippen MR) is 70.2 cm³/mol. The standard InChI is InChI=1S/C14H19N3O/c1-3-17-10(2)13(8-16-17)12-6-7-18-14(12)9-15-11-4-5-11/h6-8,11,15H,3-5,9H2,1-2H3. The minimum atomic E-state index is 0.697. The maximum absolute atomic E-state index is 5.60. The van der Waals surface area contributed by atoms with Crippen molar-refractivity contribution in [1.29, 1.82) is 0 Å². The van der Waals surface area contributed by atoms with Crippen LogP contribution in [-0.2, 0) is 13.1 Å². The Balaban J connectivity index is 1.85. The van der Waals surface area contributed by atoms with Crippen molar-refractivity contribution in [3.63, 3.8) is 0 Å². The van der Waals surface area contributed by atoms with Gasteiger partial charge in [0, 0.05) is 29.4 Å². The molecule has 2 heterocycles. The number of hydrogen-bond donors (Lipinski definition) is 1. The number of nitrogens with zero attached hydrogens (tertiary/aromatic N) is 2. The van der Waals surface area contributed by atoms with Crippen LogP contribution >= 0.6 is 0 Å². The summed E-state index contributed by atoms with van der Waals surface area (Å²) in [6, 6.07) is 2.73. The lowest BCUT2D eigenvalue weighted by Crippen LogP contribution is -2.15. The van der Waals surface area contributed by atoms with Crippen molar-refractivity contribution in [2.75, 3.05) is 0 Å². The first-order valence-electron chi connectivity index (χ1n) is 6.62. The van der Waals surface area contributed by atoms with Crippen molar-refractivity contribution in [1.82, 2.24) is 15.1 Å². The molecule has 0 saturated heterocycles. The number of rotatable bonds is 5. The van der Waals surface area contributed by atoms with Crippen LogP contribution in [0.15, 0.2) is 22.9 Å². The summed E-state index contributed by atoms with van der Waals surface area (Å²) < 4.78 is 7.61. The van der Waals surface area contributed by atoms with Gasteiger partial charge in [0.1, 0.15) is 5.76 Å². The van der Waals surface area contributed by atoms with Crippen LogP contribution in [0.25, 0.3) is 11.1 Å². The molecule has 2 aromatic heterocycles. The van der Waals surface area contributed by atoms with Crippen molar-refractivity contribution < 1.29 is 4.42 Å². The number of hydrogen-bond acceptors (Lipinski definition) is 3. The zero-order valence-electron chi connectivity index (χ0n) is 10.9. The molecular weight excluding hydrogens is 226 g/mol. The number of furan rings is 1. The quantitative estimate of drug-likeness (QED) is 0.880. The normalized spacial score (nSPS) is 15.2. The van der Waals surface area contributed by atoms with E-state index in [9.17, 15) is 0 Å². The van der Waals surface area contributed by atoms with E-state index in [4.69, 9.17) is 4.42 Å². The Hall–Kier alpha value is -1.55. The fourth-order valence-electron chi connectivity index (χ4n) is 2.27. The zero-order chi connectivity index (χ0) is 12.5. The monoisotopic (exact) mass is 245 g/mol. The van der Waals surface area contributed by atoms with Gasteiger partial charge in [-0.3, -0.25) is 4.68 Å². The van der Waals surface area contributed by atoms with E-state index in [-0.39, 0.29) is 0 Å². The molecule has 0 amide bonds. The molecule has 0 aliphatic heterocycles. The topological polar surface area (TPSA) is 43.0 Å². The van der Waals surface area contributed by atoms with E-state index in [1.807, 2.05) is 16.9 Å². The maximum atomic E-state index is 5.60. The fourth-order valence-corrected chi connectivity index (χ4v) is 2.27. The molecule has 1 aliphatic rings. The van der Waals surface area contributed by atoms with Gasteiger partial charge in [0.25, 0.3) is 0 Å². The third-order valence-corrected chi connectivity index (χ3v) is 3.57. The highest BCUT2D eigenvalue weighted by Gasteiger charge is 2.22. The first-order valence-corrected chi connectivity index (χ1v) is 6.62. The average molecular weight is 245 g/mol. The Morgan fingerprint density at radius 2 is 2.28 bits per heavy atom. The Morgan fingerprint density at radius 3 is 2.94 bits per heavy atom. The zero-order valence-corrected chi connectivity index (χ0v) is 10.9. The molecule has 1 saturated carbocycles. The van der Waals surface area contributed by atoms with E-state index in [1.165, 1.54) is 29.7 Å². The minimum absolute atomic E-state index is 0.697. The van der Waals surface area contributed by atoms with Gasteiger partial charge in [0.2, 0.25) is 0 Å². The third kappa shape index (κ3) is 2.08. The van der Waals surface area contributed by atoms with E-state index in [0.29, 0.717) is 6.04 Å². The van der Waals surface area contributed by atoms with Gasteiger partial charge in [0.15, 0.2) is 0 Å². The van der Waals surface area contributed by atoms with E-state index in [2.05, 4.69) is 24.3 Å². The molecule has 0 atom stereocenters. The van der Waals surface area contributed by atoms with Crippen LogP contribution in [0.2, 0.25) is 0 Å². The van der Waals surface area contributed by atoms with Gasteiger partial charge >= 0.3 is 0 Å². The predicted octanol–water partition coefficient (Wildman–Crippen LogP) is 2.72. The molecule has 1 N–H and O–H groups in total. The Labute approximate surface area is 107 Å². The molecule has 0 bridgehead atoms. The molecule has 0 unspecified atom stereocenters. The Morgan fingerprint density at radius 1 is 1.44 bits per heavy atom. The van der Waals surface area contributed by atoms with Gasteiger partial charge in [-0.2, -0.15) is 5.10 Å². The molecule has 2 aromatic rings. The second-order valence-corrected chi connectivity index (χ2v) is 4.87. The summed E-state index contributed by atoms with van der Waals surface area (Å²) in [5, 5.41) is 7.88. The van der Waals surface area contributed by atoms with Crippen LogP contribution in [0.1, 0.15) is 31.2 Å². The summed E-state index contributed by atoms with van der Waals surface area (Å²) in [6.07, 6.45) is 6.29. The van der Waals surface area contributed by atoms with Gasteiger partial charge < -0.3 is 9.73 Å². The molecule has 4 heteroatoms. The molecule has 4 nitrogen and oxygen atoms in total. The van der Waals surface area contributed by atoms with Crippen molar-refractivity contribution >= 4 is 0 Å². The first kappa shape index (κ1) is 11.5. The number of aryl methyl sites for hydroxylation is 1. The highest BCUT2D eigenvalue weighted by Crippen LogP contribution is 2.28. The van der Waals surface area contributed by atoms with Gasteiger partial charge in [-0.25, -0.2) is 0 Å². The third-order valence-electron chi connectivity index (χ3n) is 3.57. The van der Waals surface area contributed by atoms with Crippen LogP contribution in [0, 0.1) is 6.92 Å². The number of aromatic nitrogens is 2. The molecule has 1 fully saturated rings. The fraction of sp³-hybridized carbons (Fsp3) is 0.500. The van der Waals surface area contributed by atoms with Crippen LogP contribution in [-0.4, -0.2) is 15.8 Å². The van der Waals surface area contributed by atoms with E-state index < -0.39 is 0 Å². The van der Waals surface area contributed by atoms with E-state index in [0.717, 1.165) is 18.8 Å². The van der Waals surface area contributed by atoms with Crippen LogP contribution in [0.5, 0.6) is 0 Å². The molecule has 1 aliphatic carbocycles. The lowest BCUT2D eigenvalue weighted by atomic mass is 10.1. The summed E-state index contributed by atoms with van der Waals surface area (Å²) in [6.45, 7) is 5.93. The maximum Gasteiger partial charge on any atom is 0.125 e. The second kappa shape index (κ2) is 4.61. The largest absolute Gasteiger partial charge is 0.467 e. The van der Waals surface area contributed by atoms with E-state index >= 15 is 0 Å². The average Bonchev–Trinajstić information content (AvgIpc) is 2.97. The van der Waals surface area contributed by atoms with Crippen molar-refractivity contribution in [2.45, 2.75) is 45.8 Å². The summed E-state index contributed by atoms with van der Waals surface area (Å²) in [5.41, 5.74) is 3.55. The van der Waals surface area contributed by atoms with Crippen LogP contribution < -0.4 is 5.32 Å². The molecule has 96 valence electrons. The highest BCUT2D eigenvalue weighted by molar-refractivity contribution is 5.67. The SMILES string of the molecule is CCn1ncc(-c2ccoc2CNC2CC2)c1C. The molecule has 0 radical (unpaired) electrons. The molecule has 3 rings (SSSR count). The van der Waals surface area contributed by atoms with Gasteiger partial charge in [-0.05, 0) is 32.8 Å². The lowest BCUT2D eigenvalue weighted by Gasteiger charge is -2.04. The Bertz CT molecular complexity index is 537. The molecular formula is C14H19N3O. The lowest BCUT2D eigenvalue weighted by molar-refractivity contribution is 0.483. The van der Waals surface area contributed by atoms with Crippen molar-refractivity contribution in [2.24, 2.45) is 0 Å². The molecule has 0 aromatic carbocycles. The molecule has 0 spiro atoms.